The number of rotatable bonds is 12. The number of sulfone groups is 4. The molecular formula is C44H70Cl5N6O11PS4. The van der Waals surface area contributed by atoms with Gasteiger partial charge in [-0.05, 0) is 131 Å². The molecule has 406 valence electrons. The molecule has 1 aliphatic heterocycles. The molecule has 4 aromatic heterocycles. The van der Waals surface area contributed by atoms with E-state index in [9.17, 15) is 43.4 Å². The highest BCUT2D eigenvalue weighted by Crippen LogP contribution is 2.61. The maximum atomic E-state index is 11.3. The number of halogens is 5. The van der Waals surface area contributed by atoms with Gasteiger partial charge in [0.05, 0.1) is 0 Å². The van der Waals surface area contributed by atoms with Crippen molar-refractivity contribution in [3.63, 3.8) is 0 Å². The third-order valence-electron chi connectivity index (χ3n) is 9.76. The maximum Gasteiger partial charge on any atom is 0.339 e. The molecule has 0 saturated carbocycles. The summed E-state index contributed by atoms with van der Waals surface area (Å²) in [5.74, 6) is 0.630. The molecule has 0 unspecified atom stereocenters. The zero-order valence-electron chi connectivity index (χ0n) is 41.8. The summed E-state index contributed by atoms with van der Waals surface area (Å²) in [6, 6.07) is 13.0. The Bertz CT molecular complexity index is 2620. The lowest BCUT2D eigenvalue weighted by Gasteiger charge is -2.10. The maximum absolute atomic E-state index is 11.3. The van der Waals surface area contributed by atoms with Gasteiger partial charge in [0.25, 0.3) is 0 Å². The van der Waals surface area contributed by atoms with Gasteiger partial charge < -0.3 is 33.8 Å². The van der Waals surface area contributed by atoms with Crippen molar-refractivity contribution in [2.45, 2.75) is 124 Å². The fraction of sp³-hybridized carbons (Fsp3) is 0.500. The molecule has 1 aliphatic rings. The van der Waals surface area contributed by atoms with E-state index >= 15 is 0 Å². The van der Waals surface area contributed by atoms with E-state index in [0.717, 1.165) is 67.9 Å². The van der Waals surface area contributed by atoms with Crippen LogP contribution in [-0.4, -0.2) is 86.9 Å². The number of hydrogen-bond donors (Lipinski definition) is 2. The molecule has 0 amide bonds. The topological polar surface area (TPSA) is 282 Å². The Morgan fingerprint density at radius 2 is 1.08 bits per heavy atom. The van der Waals surface area contributed by atoms with E-state index in [0.29, 0.717) is 22.6 Å². The molecule has 0 spiro atoms. The second kappa shape index (κ2) is 34.9. The van der Waals surface area contributed by atoms with Crippen LogP contribution in [0.1, 0.15) is 126 Å². The highest BCUT2D eigenvalue weighted by Gasteiger charge is 2.20. The molecule has 1 saturated heterocycles. The first-order valence-electron chi connectivity index (χ1n) is 21.6. The molecule has 5 rings (SSSR count). The van der Waals surface area contributed by atoms with Gasteiger partial charge in [0, 0.05) is 80.8 Å². The van der Waals surface area contributed by atoms with Crippen LogP contribution in [0.4, 0.5) is 0 Å². The predicted octanol–water partition coefficient (Wildman–Crippen LogP) is 6.38. The molecule has 17 nitrogen and oxygen atoms in total. The quantitative estimate of drug-likeness (QED) is 0.0512. The molecule has 5 N–H and O–H groups in total. The van der Waals surface area contributed by atoms with Gasteiger partial charge in [0.2, 0.25) is 9.84 Å². The van der Waals surface area contributed by atoms with Crippen molar-refractivity contribution in [2.75, 3.05) is 38.2 Å². The van der Waals surface area contributed by atoms with Gasteiger partial charge in [0.1, 0.15) is 11.2 Å². The van der Waals surface area contributed by atoms with Crippen molar-refractivity contribution in [2.24, 2.45) is 5.73 Å². The standard InChI is InChI=1S/C10H15NO3S.C10H15NO2S.C9H13ClN2O2S.C9H14N2O2S.C4H8O.C2H4.Cl3OP.ClH/c1-4-8(2)9-5-6-11(12)10(7-9)15(3,13)14;1-4-8(2)9-5-6-11-10(7-9)14(3,12)13;1-3-7(11)6-4-8(10)12-9(5-6)15(2,13)14;1-3-8(10)7-4-5-11-9(6-7)14(2,12)13;1-2-4-5-3-1;1-2;1-5(2,3)4;/h5-8H,4H2,1-3H3;5-8H,4H2,1-3H3;4-5,7H,3,11H2,1-2H3;4-6,8H,3,10H2,1-2H3;1-4H2;1-2H2;;1H/t2*8-;7-;8-;;;;/m0000..../s1. The van der Waals surface area contributed by atoms with Crippen LogP contribution in [0.15, 0.2) is 100 Å². The molecule has 0 aromatic carbocycles. The number of aromatic nitrogens is 4. The van der Waals surface area contributed by atoms with Crippen molar-refractivity contribution < 1.29 is 65.8 Å². The van der Waals surface area contributed by atoms with Gasteiger partial charge in [0.15, 0.2) is 50.8 Å². The van der Waals surface area contributed by atoms with Crippen LogP contribution in [0.2, 0.25) is 5.15 Å². The Balaban J connectivity index is -0.000000801. The van der Waals surface area contributed by atoms with Crippen molar-refractivity contribution in [3.05, 3.63) is 113 Å². The first-order valence-corrected chi connectivity index (χ1v) is 33.9. The van der Waals surface area contributed by atoms with Crippen molar-refractivity contribution in [3.8, 4) is 0 Å². The average molecular weight is 1200 g/mol. The lowest BCUT2D eigenvalue weighted by atomic mass is 10.0. The van der Waals surface area contributed by atoms with Crippen LogP contribution >= 0.6 is 50.5 Å². The second-order valence-corrected chi connectivity index (χ2v) is 30.5. The van der Waals surface area contributed by atoms with Gasteiger partial charge in [-0.25, -0.2) is 48.6 Å². The van der Waals surface area contributed by atoms with E-state index in [1.165, 1.54) is 43.6 Å². The van der Waals surface area contributed by atoms with E-state index in [1.807, 2.05) is 33.8 Å². The third kappa shape index (κ3) is 31.8. The monoisotopic (exact) mass is 1190 g/mol. The summed E-state index contributed by atoms with van der Waals surface area (Å²) >= 11 is 19.6. The summed E-state index contributed by atoms with van der Waals surface area (Å²) in [5, 5.41) is 8.27. The molecule has 0 aliphatic carbocycles. The zero-order valence-corrected chi connectivity index (χ0v) is 49.7. The molecule has 27 heteroatoms. The number of hydrogen-bond acceptors (Lipinski definition) is 15. The number of ether oxygens (including phenoxy) is 1. The summed E-state index contributed by atoms with van der Waals surface area (Å²) in [6.07, 6.45) is 14.8. The van der Waals surface area contributed by atoms with Crippen LogP contribution in [0.25, 0.3) is 0 Å². The zero-order chi connectivity index (χ0) is 54.8. The summed E-state index contributed by atoms with van der Waals surface area (Å²) in [6.45, 7) is 20.1. The smallest absolute Gasteiger partial charge is 0.339 e. The van der Waals surface area contributed by atoms with E-state index in [-0.39, 0.29) is 55.7 Å². The van der Waals surface area contributed by atoms with Gasteiger partial charge >= 0.3 is 10.2 Å². The Labute approximate surface area is 448 Å². The minimum atomic E-state index is -3.45. The number of quaternary nitrogens is 1. The summed E-state index contributed by atoms with van der Waals surface area (Å²) in [7, 11) is -13.2. The Hall–Kier alpha value is -2.50. The molecule has 1 fully saturated rings. The number of pyridine rings is 4. The van der Waals surface area contributed by atoms with E-state index in [2.05, 4.69) is 81.4 Å². The molecular weight excluding hydrogens is 1130 g/mol. The molecule has 0 radical (unpaired) electrons. The van der Waals surface area contributed by atoms with Gasteiger partial charge in [-0.1, -0.05) is 53.1 Å². The summed E-state index contributed by atoms with van der Waals surface area (Å²) in [4.78, 5) is 11.4. The Morgan fingerprint density at radius 1 is 0.690 bits per heavy atom. The lowest BCUT2D eigenvalue weighted by molar-refractivity contribution is -0.646. The van der Waals surface area contributed by atoms with Crippen LogP contribution in [-0.2, 0) is 48.7 Å². The van der Waals surface area contributed by atoms with Crippen molar-refractivity contribution in [1.82, 2.24) is 15.0 Å². The van der Waals surface area contributed by atoms with Crippen molar-refractivity contribution in [1.29, 1.82) is 0 Å². The highest BCUT2D eigenvalue weighted by atomic mass is 36.0. The Kier molecular flexibility index (Phi) is 35.7. The summed E-state index contributed by atoms with van der Waals surface area (Å²) in [5.41, 5.74) is 13.2. The first-order chi connectivity index (χ1) is 32.1. The third-order valence-corrected chi connectivity index (χ3v) is 13.9. The largest absolute Gasteiger partial charge is 1.00 e. The fourth-order valence-corrected chi connectivity index (χ4v) is 8.05. The fourth-order valence-electron chi connectivity index (χ4n) is 5.22. The Morgan fingerprint density at radius 3 is 1.44 bits per heavy atom. The lowest BCUT2D eigenvalue weighted by Crippen LogP contribution is -3.00. The molecule has 4 aromatic rings. The van der Waals surface area contributed by atoms with Gasteiger partial charge in [-0.3, -0.25) is 4.57 Å². The SMILES string of the molecule is C1CCOC1.C=C.CC[C@H](C)c1cc[n+]([O-])c(S(C)(=O)=O)c1.CC[C@H](C)c1ccnc(S(C)(=O)=O)c1.CC[C@H](N)c1cc(Cl)nc(S(C)(=O)=O)c1.CC[C@H]([NH3+])c1ccnc(S(C)(=O)=O)c1.O=P(Cl)(Cl)Cl.[Cl-]. The van der Waals surface area contributed by atoms with Gasteiger partial charge in [-0.2, -0.15) is 4.73 Å². The van der Waals surface area contributed by atoms with Crippen LogP contribution in [0.3, 0.4) is 0 Å². The first kappa shape index (κ1) is 72.7. The van der Waals surface area contributed by atoms with Gasteiger partial charge in [-0.15, -0.1) is 13.2 Å². The van der Waals surface area contributed by atoms with Crippen LogP contribution in [0.5, 0.6) is 0 Å². The molecule has 4 atom stereocenters. The molecule has 5 heterocycles. The highest BCUT2D eigenvalue weighted by molar-refractivity contribution is 8.24. The summed E-state index contributed by atoms with van der Waals surface area (Å²) < 4.78 is 105. The van der Waals surface area contributed by atoms with Crippen LogP contribution in [0, 0.1) is 5.21 Å². The van der Waals surface area contributed by atoms with Crippen LogP contribution < -0.4 is 28.6 Å². The normalized spacial score (nSPS) is 13.9. The van der Waals surface area contributed by atoms with Crippen molar-refractivity contribution >= 4 is 89.9 Å². The molecule has 71 heavy (non-hydrogen) atoms. The van der Waals surface area contributed by atoms with E-state index < -0.39 is 44.5 Å². The predicted molar refractivity (Wildman–Crippen MR) is 283 cm³/mol. The second-order valence-electron chi connectivity index (χ2n) is 15.6. The minimum absolute atomic E-state index is 0. The molecule has 0 bridgehead atoms. The minimum Gasteiger partial charge on any atom is -1.00 e. The van der Waals surface area contributed by atoms with E-state index in [4.69, 9.17) is 22.1 Å². The number of nitrogens with two attached hydrogens (primary N) is 1. The number of nitrogens with zero attached hydrogens (tertiary/aromatic N) is 4. The average Bonchev–Trinajstić information content (AvgIpc) is 3.88. The van der Waals surface area contributed by atoms with E-state index in [1.54, 1.807) is 36.5 Å².